The molecule has 1 aromatic rings. The Bertz CT molecular complexity index is 373. The molecule has 0 spiro atoms. The van der Waals surface area contributed by atoms with Gasteiger partial charge in [-0.3, -0.25) is 0 Å². The van der Waals surface area contributed by atoms with Crippen molar-refractivity contribution in [2.24, 2.45) is 0 Å². The van der Waals surface area contributed by atoms with Gasteiger partial charge in [-0.1, -0.05) is 36.4 Å². The van der Waals surface area contributed by atoms with Gasteiger partial charge in [0.25, 0.3) is 0 Å². The Labute approximate surface area is 108 Å². The molecule has 3 nitrogen and oxygen atoms in total. The lowest BCUT2D eigenvalue weighted by Crippen LogP contribution is -2.05. The summed E-state index contributed by atoms with van der Waals surface area (Å²) in [4.78, 5) is 0. The minimum absolute atomic E-state index is 0.228. The quantitative estimate of drug-likeness (QED) is 0.422. The van der Waals surface area contributed by atoms with Gasteiger partial charge in [-0.2, -0.15) is 0 Å². The maximum absolute atomic E-state index is 5.86. The molecule has 0 amide bonds. The van der Waals surface area contributed by atoms with E-state index >= 15 is 0 Å². The van der Waals surface area contributed by atoms with Crippen LogP contribution in [0.5, 0.6) is 0 Å². The second-order valence-corrected chi connectivity index (χ2v) is 4.45. The van der Waals surface area contributed by atoms with Gasteiger partial charge in [0.2, 0.25) is 0 Å². The van der Waals surface area contributed by atoms with Gasteiger partial charge in [0, 0.05) is 7.11 Å². The standard InChI is InChI=1S/C15H20O3/c1-16-12-17-10-14-7-8-15(9-14)18-11-13-5-3-2-4-6-13/h2-6,9,15H,7-8,10-12H2,1H3. The molecule has 1 unspecified atom stereocenters. The van der Waals surface area contributed by atoms with Gasteiger partial charge in [-0.25, -0.2) is 0 Å². The van der Waals surface area contributed by atoms with Crippen LogP contribution in [0.25, 0.3) is 0 Å². The summed E-state index contributed by atoms with van der Waals surface area (Å²) in [6.45, 7) is 1.68. The number of hydrogen-bond donors (Lipinski definition) is 0. The highest BCUT2D eigenvalue weighted by Crippen LogP contribution is 2.22. The summed E-state index contributed by atoms with van der Waals surface area (Å²) in [5.41, 5.74) is 2.53. The molecule has 1 aliphatic rings. The van der Waals surface area contributed by atoms with Crippen LogP contribution in [0.3, 0.4) is 0 Å². The summed E-state index contributed by atoms with van der Waals surface area (Å²) in [7, 11) is 1.63. The van der Waals surface area contributed by atoms with E-state index in [1.165, 1.54) is 11.1 Å². The first kappa shape index (κ1) is 13.3. The zero-order valence-electron chi connectivity index (χ0n) is 10.8. The van der Waals surface area contributed by atoms with E-state index in [-0.39, 0.29) is 6.10 Å². The van der Waals surface area contributed by atoms with Crippen molar-refractivity contribution >= 4 is 0 Å². The minimum Gasteiger partial charge on any atom is -0.369 e. The zero-order valence-corrected chi connectivity index (χ0v) is 10.8. The summed E-state index contributed by atoms with van der Waals surface area (Å²) in [5, 5.41) is 0. The van der Waals surface area contributed by atoms with Crippen molar-refractivity contribution in [3.63, 3.8) is 0 Å². The average molecular weight is 248 g/mol. The van der Waals surface area contributed by atoms with Crippen LogP contribution < -0.4 is 0 Å². The largest absolute Gasteiger partial charge is 0.369 e. The highest BCUT2D eigenvalue weighted by molar-refractivity contribution is 5.15. The van der Waals surface area contributed by atoms with Gasteiger partial charge < -0.3 is 14.2 Å². The van der Waals surface area contributed by atoms with Gasteiger partial charge in [-0.05, 0) is 24.0 Å². The summed E-state index contributed by atoms with van der Waals surface area (Å²) < 4.78 is 16.0. The number of rotatable bonds is 7. The molecule has 1 atom stereocenters. The fourth-order valence-corrected chi connectivity index (χ4v) is 2.04. The molecule has 0 radical (unpaired) electrons. The lowest BCUT2D eigenvalue weighted by Gasteiger charge is -2.09. The summed E-state index contributed by atoms with van der Waals surface area (Å²) in [5.74, 6) is 0. The molecule has 0 saturated heterocycles. The SMILES string of the molecule is COCOCC1=CC(OCc2ccccc2)CC1. The third-order valence-corrected chi connectivity index (χ3v) is 2.97. The Balaban J connectivity index is 1.71. The molecule has 0 saturated carbocycles. The van der Waals surface area contributed by atoms with Crippen molar-refractivity contribution in [1.82, 2.24) is 0 Å². The van der Waals surface area contributed by atoms with E-state index in [1.54, 1.807) is 7.11 Å². The molecule has 0 bridgehead atoms. The van der Waals surface area contributed by atoms with Crippen molar-refractivity contribution in [2.75, 3.05) is 20.5 Å². The van der Waals surface area contributed by atoms with Crippen LogP contribution in [0, 0.1) is 0 Å². The molecule has 1 aromatic carbocycles. The lowest BCUT2D eigenvalue weighted by molar-refractivity contribution is -0.0215. The molecule has 0 aromatic heterocycles. The first-order valence-electron chi connectivity index (χ1n) is 6.30. The molecule has 0 fully saturated rings. The Hall–Kier alpha value is -1.16. The number of benzene rings is 1. The molecule has 18 heavy (non-hydrogen) atoms. The lowest BCUT2D eigenvalue weighted by atomic mass is 10.2. The van der Waals surface area contributed by atoms with Gasteiger partial charge in [0.05, 0.1) is 19.3 Å². The van der Waals surface area contributed by atoms with Crippen LogP contribution in [-0.2, 0) is 20.8 Å². The number of ether oxygens (including phenoxy) is 3. The molecule has 3 heteroatoms. The fourth-order valence-electron chi connectivity index (χ4n) is 2.04. The highest BCUT2D eigenvalue weighted by atomic mass is 16.7. The third-order valence-electron chi connectivity index (χ3n) is 2.97. The molecule has 1 aliphatic carbocycles. The van der Waals surface area contributed by atoms with Crippen molar-refractivity contribution < 1.29 is 14.2 Å². The minimum atomic E-state index is 0.228. The monoisotopic (exact) mass is 248 g/mol. The summed E-state index contributed by atoms with van der Waals surface area (Å²) >= 11 is 0. The van der Waals surface area contributed by atoms with Gasteiger partial charge in [0.1, 0.15) is 6.79 Å². The summed E-state index contributed by atoms with van der Waals surface area (Å²) in [6.07, 6.45) is 4.52. The van der Waals surface area contributed by atoms with E-state index in [9.17, 15) is 0 Å². The van der Waals surface area contributed by atoms with Crippen LogP contribution in [0.1, 0.15) is 18.4 Å². The van der Waals surface area contributed by atoms with Crippen LogP contribution in [-0.4, -0.2) is 26.6 Å². The van der Waals surface area contributed by atoms with E-state index in [0.29, 0.717) is 20.0 Å². The van der Waals surface area contributed by atoms with Gasteiger partial charge in [-0.15, -0.1) is 0 Å². The first-order chi connectivity index (χ1) is 8.88. The molecular weight excluding hydrogens is 228 g/mol. The molecule has 0 N–H and O–H groups in total. The van der Waals surface area contributed by atoms with Crippen LogP contribution in [0.15, 0.2) is 42.0 Å². The van der Waals surface area contributed by atoms with E-state index in [4.69, 9.17) is 14.2 Å². The van der Waals surface area contributed by atoms with E-state index in [1.807, 2.05) is 18.2 Å². The van der Waals surface area contributed by atoms with Crippen molar-refractivity contribution in [3.8, 4) is 0 Å². The third kappa shape index (κ3) is 4.26. The van der Waals surface area contributed by atoms with Gasteiger partial charge >= 0.3 is 0 Å². The Morgan fingerprint density at radius 3 is 2.78 bits per heavy atom. The number of hydrogen-bond acceptors (Lipinski definition) is 3. The fraction of sp³-hybridized carbons (Fsp3) is 0.467. The maximum atomic E-state index is 5.86. The highest BCUT2D eigenvalue weighted by Gasteiger charge is 2.16. The topological polar surface area (TPSA) is 27.7 Å². The van der Waals surface area contributed by atoms with Crippen molar-refractivity contribution in [2.45, 2.75) is 25.6 Å². The molecule has 2 rings (SSSR count). The Morgan fingerprint density at radius 1 is 1.17 bits per heavy atom. The predicted molar refractivity (Wildman–Crippen MR) is 70.2 cm³/mol. The second-order valence-electron chi connectivity index (χ2n) is 4.45. The zero-order chi connectivity index (χ0) is 12.6. The molecule has 0 heterocycles. The Kier molecular flexibility index (Phi) is 5.39. The predicted octanol–water partition coefficient (Wildman–Crippen LogP) is 2.91. The van der Waals surface area contributed by atoms with Crippen LogP contribution in [0.2, 0.25) is 0 Å². The molecular formula is C15H20O3. The normalized spacial score (nSPS) is 18.9. The molecule has 98 valence electrons. The van der Waals surface area contributed by atoms with E-state index in [0.717, 1.165) is 12.8 Å². The van der Waals surface area contributed by atoms with Crippen molar-refractivity contribution in [1.29, 1.82) is 0 Å². The maximum Gasteiger partial charge on any atom is 0.146 e. The van der Waals surface area contributed by atoms with Crippen LogP contribution >= 0.6 is 0 Å². The Morgan fingerprint density at radius 2 is 2.00 bits per heavy atom. The average Bonchev–Trinajstić information content (AvgIpc) is 2.86. The van der Waals surface area contributed by atoms with Crippen LogP contribution in [0.4, 0.5) is 0 Å². The van der Waals surface area contributed by atoms with E-state index in [2.05, 4.69) is 18.2 Å². The van der Waals surface area contributed by atoms with E-state index < -0.39 is 0 Å². The number of methoxy groups -OCH3 is 1. The smallest absolute Gasteiger partial charge is 0.146 e. The van der Waals surface area contributed by atoms with Gasteiger partial charge in [0.15, 0.2) is 0 Å². The first-order valence-corrected chi connectivity index (χ1v) is 6.30. The summed E-state index contributed by atoms with van der Waals surface area (Å²) in [6, 6.07) is 10.3. The molecule has 0 aliphatic heterocycles. The second kappa shape index (κ2) is 7.31. The van der Waals surface area contributed by atoms with Crippen molar-refractivity contribution in [3.05, 3.63) is 47.5 Å².